The van der Waals surface area contributed by atoms with Gasteiger partial charge in [0.1, 0.15) is 11.6 Å². The van der Waals surface area contributed by atoms with E-state index in [1.54, 1.807) is 6.26 Å². The van der Waals surface area contributed by atoms with Crippen LogP contribution in [0.4, 0.5) is 4.39 Å². The van der Waals surface area contributed by atoms with Crippen LogP contribution in [-0.2, 0) is 6.54 Å². The van der Waals surface area contributed by atoms with E-state index in [0.29, 0.717) is 18.7 Å². The zero-order valence-electron chi connectivity index (χ0n) is 11.7. The van der Waals surface area contributed by atoms with E-state index in [9.17, 15) is 9.18 Å². The second-order valence-corrected chi connectivity index (χ2v) is 5.15. The van der Waals surface area contributed by atoms with Crippen LogP contribution in [0, 0.1) is 5.82 Å². The van der Waals surface area contributed by atoms with Gasteiger partial charge in [-0.3, -0.25) is 9.69 Å². The van der Waals surface area contributed by atoms with Gasteiger partial charge in [0, 0.05) is 31.7 Å². The van der Waals surface area contributed by atoms with E-state index >= 15 is 0 Å². The number of halogens is 1. The van der Waals surface area contributed by atoms with Crippen LogP contribution < -0.4 is 0 Å². The van der Waals surface area contributed by atoms with E-state index in [4.69, 9.17) is 4.42 Å². The minimum Gasteiger partial charge on any atom is -0.468 e. The molecular weight excluding hydrogens is 271 g/mol. The smallest absolute Gasteiger partial charge is 0.253 e. The van der Waals surface area contributed by atoms with Gasteiger partial charge in [-0.05, 0) is 36.4 Å². The fraction of sp³-hybridized carbons (Fsp3) is 0.312. The Hall–Kier alpha value is -2.14. The summed E-state index contributed by atoms with van der Waals surface area (Å²) >= 11 is 0. The number of benzene rings is 1. The maximum absolute atomic E-state index is 12.9. The van der Waals surface area contributed by atoms with Crippen LogP contribution in [0.25, 0.3) is 0 Å². The first-order chi connectivity index (χ1) is 10.2. The Morgan fingerprint density at radius 1 is 1.10 bits per heavy atom. The maximum Gasteiger partial charge on any atom is 0.253 e. The fourth-order valence-corrected chi connectivity index (χ4v) is 2.51. The van der Waals surface area contributed by atoms with Gasteiger partial charge in [0.25, 0.3) is 5.91 Å². The van der Waals surface area contributed by atoms with E-state index in [-0.39, 0.29) is 11.7 Å². The number of hydrogen-bond donors (Lipinski definition) is 0. The average Bonchev–Trinajstić information content (AvgIpc) is 3.01. The predicted octanol–water partition coefficient (Wildman–Crippen LogP) is 2.38. The van der Waals surface area contributed by atoms with Gasteiger partial charge in [-0.25, -0.2) is 4.39 Å². The van der Waals surface area contributed by atoms with Crippen LogP contribution in [0.5, 0.6) is 0 Å². The van der Waals surface area contributed by atoms with Crippen molar-refractivity contribution in [3.05, 3.63) is 59.8 Å². The highest BCUT2D eigenvalue weighted by molar-refractivity contribution is 5.94. The Balaban J connectivity index is 1.55. The van der Waals surface area contributed by atoms with Crippen molar-refractivity contribution >= 4 is 5.91 Å². The number of carbonyl (C=O) groups excluding carboxylic acids is 1. The lowest BCUT2D eigenvalue weighted by Crippen LogP contribution is -2.48. The highest BCUT2D eigenvalue weighted by Crippen LogP contribution is 2.12. The molecule has 0 atom stereocenters. The number of carbonyl (C=O) groups is 1. The molecule has 0 bridgehead atoms. The predicted molar refractivity (Wildman–Crippen MR) is 76.3 cm³/mol. The fourth-order valence-electron chi connectivity index (χ4n) is 2.51. The highest BCUT2D eigenvalue weighted by atomic mass is 19.1. The van der Waals surface area contributed by atoms with Crippen molar-refractivity contribution in [2.45, 2.75) is 6.54 Å². The van der Waals surface area contributed by atoms with Crippen molar-refractivity contribution < 1.29 is 13.6 Å². The second-order valence-electron chi connectivity index (χ2n) is 5.15. The lowest BCUT2D eigenvalue weighted by molar-refractivity contribution is 0.0620. The Bertz CT molecular complexity index is 587. The molecular formula is C16H17FN2O2. The molecule has 1 fully saturated rings. The van der Waals surface area contributed by atoms with E-state index in [0.717, 1.165) is 25.4 Å². The Labute approximate surface area is 122 Å². The molecule has 1 amide bonds. The molecule has 0 unspecified atom stereocenters. The number of nitrogens with zero attached hydrogens (tertiary/aromatic N) is 2. The normalized spacial score (nSPS) is 16.1. The van der Waals surface area contributed by atoms with Gasteiger partial charge < -0.3 is 9.32 Å². The molecule has 21 heavy (non-hydrogen) atoms. The highest BCUT2D eigenvalue weighted by Gasteiger charge is 2.22. The number of piperazine rings is 1. The maximum atomic E-state index is 12.9. The number of furan rings is 1. The van der Waals surface area contributed by atoms with Gasteiger partial charge >= 0.3 is 0 Å². The average molecular weight is 288 g/mol. The summed E-state index contributed by atoms with van der Waals surface area (Å²) in [5.41, 5.74) is 0.538. The van der Waals surface area contributed by atoms with E-state index < -0.39 is 0 Å². The van der Waals surface area contributed by atoms with Crippen molar-refractivity contribution in [2.24, 2.45) is 0 Å². The van der Waals surface area contributed by atoms with Crippen LogP contribution in [0.1, 0.15) is 16.1 Å². The molecule has 1 aliphatic heterocycles. The van der Waals surface area contributed by atoms with E-state index in [1.807, 2.05) is 17.0 Å². The number of amides is 1. The van der Waals surface area contributed by atoms with Crippen LogP contribution in [0.15, 0.2) is 47.1 Å². The monoisotopic (exact) mass is 288 g/mol. The minimum absolute atomic E-state index is 0.0346. The van der Waals surface area contributed by atoms with Crippen LogP contribution >= 0.6 is 0 Å². The minimum atomic E-state index is -0.324. The Kier molecular flexibility index (Phi) is 4.01. The molecule has 0 spiro atoms. The third-order valence-corrected chi connectivity index (χ3v) is 3.71. The molecule has 1 aromatic heterocycles. The molecule has 3 rings (SSSR count). The summed E-state index contributed by atoms with van der Waals surface area (Å²) in [6.07, 6.45) is 1.67. The summed E-state index contributed by atoms with van der Waals surface area (Å²) in [5.74, 6) is 0.579. The summed E-state index contributed by atoms with van der Waals surface area (Å²) in [4.78, 5) is 16.4. The van der Waals surface area contributed by atoms with E-state index in [2.05, 4.69) is 4.90 Å². The van der Waals surface area contributed by atoms with Gasteiger partial charge in [0.15, 0.2) is 0 Å². The van der Waals surface area contributed by atoms with Gasteiger partial charge in [0.2, 0.25) is 0 Å². The second kappa shape index (κ2) is 6.10. The van der Waals surface area contributed by atoms with Crippen LogP contribution in [0.3, 0.4) is 0 Å². The Morgan fingerprint density at radius 3 is 2.43 bits per heavy atom. The number of hydrogen-bond acceptors (Lipinski definition) is 3. The quantitative estimate of drug-likeness (QED) is 0.870. The van der Waals surface area contributed by atoms with Crippen molar-refractivity contribution in [1.82, 2.24) is 9.80 Å². The van der Waals surface area contributed by atoms with Gasteiger partial charge in [-0.15, -0.1) is 0 Å². The SMILES string of the molecule is O=C(c1ccc(F)cc1)N1CCN(Cc2ccco2)CC1. The summed E-state index contributed by atoms with van der Waals surface area (Å²) in [7, 11) is 0. The zero-order valence-corrected chi connectivity index (χ0v) is 11.7. The van der Waals surface area contributed by atoms with Crippen LogP contribution in [-0.4, -0.2) is 41.9 Å². The van der Waals surface area contributed by atoms with Gasteiger partial charge in [-0.2, -0.15) is 0 Å². The molecule has 0 radical (unpaired) electrons. The molecule has 2 aromatic rings. The Morgan fingerprint density at radius 2 is 1.81 bits per heavy atom. The largest absolute Gasteiger partial charge is 0.468 e. The van der Waals surface area contributed by atoms with Gasteiger partial charge in [-0.1, -0.05) is 0 Å². The van der Waals surface area contributed by atoms with Crippen molar-refractivity contribution in [3.63, 3.8) is 0 Å². The molecule has 2 heterocycles. The zero-order chi connectivity index (χ0) is 14.7. The van der Waals surface area contributed by atoms with E-state index in [1.165, 1.54) is 24.3 Å². The molecule has 5 heteroatoms. The molecule has 0 saturated carbocycles. The number of rotatable bonds is 3. The topological polar surface area (TPSA) is 36.7 Å². The van der Waals surface area contributed by atoms with Gasteiger partial charge in [0.05, 0.1) is 12.8 Å². The van der Waals surface area contributed by atoms with Crippen molar-refractivity contribution in [2.75, 3.05) is 26.2 Å². The molecule has 1 aromatic carbocycles. The van der Waals surface area contributed by atoms with Crippen molar-refractivity contribution in [3.8, 4) is 0 Å². The third-order valence-electron chi connectivity index (χ3n) is 3.71. The molecule has 1 saturated heterocycles. The molecule has 0 N–H and O–H groups in total. The lowest BCUT2D eigenvalue weighted by Gasteiger charge is -2.34. The van der Waals surface area contributed by atoms with Crippen LogP contribution in [0.2, 0.25) is 0 Å². The summed E-state index contributed by atoms with van der Waals surface area (Å²) in [6, 6.07) is 9.54. The summed E-state index contributed by atoms with van der Waals surface area (Å²) < 4.78 is 18.2. The first-order valence-corrected chi connectivity index (χ1v) is 7.02. The lowest BCUT2D eigenvalue weighted by atomic mass is 10.1. The summed E-state index contributed by atoms with van der Waals surface area (Å²) in [6.45, 7) is 3.75. The summed E-state index contributed by atoms with van der Waals surface area (Å²) in [5, 5.41) is 0. The molecule has 0 aliphatic carbocycles. The standard InChI is InChI=1S/C16H17FN2O2/c17-14-5-3-13(4-6-14)16(20)19-9-7-18(8-10-19)12-15-2-1-11-21-15/h1-6,11H,7-10,12H2. The first kappa shape index (κ1) is 13.8. The molecule has 110 valence electrons. The first-order valence-electron chi connectivity index (χ1n) is 7.02. The molecule has 4 nitrogen and oxygen atoms in total. The third kappa shape index (κ3) is 3.31. The molecule has 1 aliphatic rings. The van der Waals surface area contributed by atoms with Crippen molar-refractivity contribution in [1.29, 1.82) is 0 Å².